The summed E-state index contributed by atoms with van der Waals surface area (Å²) in [5, 5.41) is 2.76. The first-order chi connectivity index (χ1) is 9.78. The van der Waals surface area contributed by atoms with E-state index in [1.165, 1.54) is 6.07 Å². The number of nitrogens with one attached hydrogen (secondary N) is 1. The zero-order valence-corrected chi connectivity index (χ0v) is 11.8. The minimum atomic E-state index is -2.17. The molecule has 1 aromatic carbocycles. The summed E-state index contributed by atoms with van der Waals surface area (Å²) >= 11 is 0. The number of allylic oxidation sites excluding steroid dienone is 1. The molecule has 2 nitrogen and oxygen atoms in total. The minimum absolute atomic E-state index is 0.0181. The topological polar surface area (TPSA) is 38.0 Å². The number of nitrogens with two attached hydrogens (primary N) is 1. The average molecular weight is 302 g/mol. The zero-order chi connectivity index (χ0) is 15.8. The first kappa shape index (κ1) is 15.7. The Bertz CT molecular complexity index is 575. The van der Waals surface area contributed by atoms with E-state index in [0.29, 0.717) is 6.42 Å². The first-order valence-electron chi connectivity index (χ1n) is 6.75. The smallest absolute Gasteiger partial charge is 0.177 e. The molecule has 0 aliphatic carbocycles. The SMILES string of the molecule is C=C1N[C@](CC)(c2cc(N)cc(F)c2F)CC[C@@]1(F)CF. The van der Waals surface area contributed by atoms with Gasteiger partial charge >= 0.3 is 0 Å². The Kier molecular flexibility index (Phi) is 3.91. The van der Waals surface area contributed by atoms with Crippen LogP contribution in [0.15, 0.2) is 24.4 Å². The van der Waals surface area contributed by atoms with E-state index in [1.807, 2.05) is 0 Å². The third kappa shape index (κ3) is 2.47. The highest BCUT2D eigenvalue weighted by Crippen LogP contribution is 2.43. The van der Waals surface area contributed by atoms with Crippen molar-refractivity contribution in [3.63, 3.8) is 0 Å². The maximum atomic E-state index is 14.2. The predicted molar refractivity (Wildman–Crippen MR) is 74.1 cm³/mol. The molecule has 1 fully saturated rings. The Morgan fingerprint density at radius 3 is 2.52 bits per heavy atom. The van der Waals surface area contributed by atoms with Crippen LogP contribution in [0.2, 0.25) is 0 Å². The second kappa shape index (κ2) is 5.24. The van der Waals surface area contributed by atoms with Gasteiger partial charge in [-0.1, -0.05) is 13.5 Å². The molecule has 1 aliphatic rings. The van der Waals surface area contributed by atoms with Gasteiger partial charge in [0.05, 0.1) is 5.54 Å². The van der Waals surface area contributed by atoms with Gasteiger partial charge in [-0.25, -0.2) is 17.6 Å². The lowest BCUT2D eigenvalue weighted by molar-refractivity contribution is 0.0808. The van der Waals surface area contributed by atoms with E-state index in [4.69, 9.17) is 5.73 Å². The van der Waals surface area contributed by atoms with E-state index in [0.717, 1.165) is 6.07 Å². The molecule has 0 unspecified atom stereocenters. The van der Waals surface area contributed by atoms with Crippen molar-refractivity contribution in [2.45, 2.75) is 37.4 Å². The van der Waals surface area contributed by atoms with Gasteiger partial charge in [0, 0.05) is 16.9 Å². The van der Waals surface area contributed by atoms with E-state index in [-0.39, 0.29) is 29.8 Å². The van der Waals surface area contributed by atoms with Crippen molar-refractivity contribution in [1.29, 1.82) is 0 Å². The van der Waals surface area contributed by atoms with Gasteiger partial charge in [0.25, 0.3) is 0 Å². The Balaban J connectivity index is 2.48. The van der Waals surface area contributed by atoms with E-state index in [2.05, 4.69) is 11.9 Å². The third-order valence-corrected chi connectivity index (χ3v) is 4.26. The molecular weight excluding hydrogens is 284 g/mol. The Morgan fingerprint density at radius 2 is 2.00 bits per heavy atom. The van der Waals surface area contributed by atoms with Crippen molar-refractivity contribution in [1.82, 2.24) is 5.32 Å². The molecule has 0 radical (unpaired) electrons. The third-order valence-electron chi connectivity index (χ3n) is 4.26. The number of hydrogen-bond acceptors (Lipinski definition) is 2. The quantitative estimate of drug-likeness (QED) is 0.659. The number of piperidine rings is 1. The van der Waals surface area contributed by atoms with Crippen LogP contribution in [0, 0.1) is 11.6 Å². The van der Waals surface area contributed by atoms with Crippen LogP contribution >= 0.6 is 0 Å². The van der Waals surface area contributed by atoms with Gasteiger partial charge in [0.2, 0.25) is 0 Å². The van der Waals surface area contributed by atoms with Crippen LogP contribution in [0.25, 0.3) is 0 Å². The summed E-state index contributed by atoms with van der Waals surface area (Å²) in [5.41, 5.74) is 2.30. The van der Waals surface area contributed by atoms with Crippen LogP contribution in [0.1, 0.15) is 31.7 Å². The molecule has 0 aromatic heterocycles. The molecule has 0 spiro atoms. The number of rotatable bonds is 3. The Hall–Kier alpha value is -1.72. The van der Waals surface area contributed by atoms with Gasteiger partial charge < -0.3 is 11.1 Å². The molecule has 6 heteroatoms. The van der Waals surface area contributed by atoms with Crippen molar-refractivity contribution >= 4 is 5.69 Å². The van der Waals surface area contributed by atoms with Crippen molar-refractivity contribution < 1.29 is 17.6 Å². The predicted octanol–water partition coefficient (Wildman–Crippen LogP) is 3.73. The maximum Gasteiger partial charge on any atom is 0.177 e. The lowest BCUT2D eigenvalue weighted by atomic mass is 9.75. The monoisotopic (exact) mass is 302 g/mol. The standard InChI is InChI=1S/C15H18F4N2/c1-3-15(5-4-14(19,8-16)9(2)21-15)11-6-10(20)7-12(17)13(11)18/h6-7,21H,2-5,8,20H2,1H3/t14-,15+/m1/s1. The number of benzene rings is 1. The van der Waals surface area contributed by atoms with Gasteiger partial charge in [-0.05, 0) is 31.4 Å². The number of hydrogen-bond donors (Lipinski definition) is 2. The van der Waals surface area contributed by atoms with E-state index >= 15 is 0 Å². The average Bonchev–Trinajstić information content (AvgIpc) is 2.46. The van der Waals surface area contributed by atoms with Gasteiger partial charge in [-0.3, -0.25) is 0 Å². The Morgan fingerprint density at radius 1 is 1.33 bits per heavy atom. The minimum Gasteiger partial charge on any atom is -0.399 e. The number of nitrogen functional groups attached to an aromatic ring is 1. The van der Waals surface area contributed by atoms with Crippen LogP contribution in [0.3, 0.4) is 0 Å². The molecule has 3 N–H and O–H groups in total. The molecule has 0 saturated carbocycles. The van der Waals surface area contributed by atoms with Crippen molar-refractivity contribution in [2.75, 3.05) is 12.4 Å². The lowest BCUT2D eigenvalue weighted by Gasteiger charge is -2.45. The molecule has 1 aliphatic heterocycles. The van der Waals surface area contributed by atoms with E-state index < -0.39 is 29.5 Å². The fourth-order valence-corrected chi connectivity index (χ4v) is 2.79. The Labute approximate surface area is 121 Å². The highest BCUT2D eigenvalue weighted by Gasteiger charge is 2.47. The van der Waals surface area contributed by atoms with Gasteiger partial charge in [0.1, 0.15) is 6.67 Å². The van der Waals surface area contributed by atoms with Crippen LogP contribution in [-0.2, 0) is 5.54 Å². The highest BCUT2D eigenvalue weighted by molar-refractivity contribution is 5.46. The first-order valence-corrected chi connectivity index (χ1v) is 6.75. The molecular formula is C15H18F4N2. The summed E-state index contributed by atoms with van der Waals surface area (Å²) in [6.07, 6.45) is 0.315. The van der Waals surface area contributed by atoms with Crippen LogP contribution in [0.5, 0.6) is 0 Å². The molecule has 116 valence electrons. The molecule has 0 bridgehead atoms. The summed E-state index contributed by atoms with van der Waals surface area (Å²) in [7, 11) is 0. The molecule has 2 atom stereocenters. The molecule has 1 aromatic rings. The van der Waals surface area contributed by atoms with Crippen LogP contribution in [0.4, 0.5) is 23.2 Å². The normalized spacial score (nSPS) is 29.3. The molecule has 21 heavy (non-hydrogen) atoms. The van der Waals surface area contributed by atoms with Crippen molar-refractivity contribution in [3.8, 4) is 0 Å². The molecule has 0 amide bonds. The van der Waals surface area contributed by atoms with Gasteiger partial charge in [-0.15, -0.1) is 0 Å². The van der Waals surface area contributed by atoms with Crippen LogP contribution in [-0.4, -0.2) is 12.3 Å². The zero-order valence-electron chi connectivity index (χ0n) is 11.8. The van der Waals surface area contributed by atoms with E-state index in [1.54, 1.807) is 6.92 Å². The second-order valence-corrected chi connectivity index (χ2v) is 5.50. The van der Waals surface area contributed by atoms with Gasteiger partial charge in [0.15, 0.2) is 17.3 Å². The number of alkyl halides is 2. The lowest BCUT2D eigenvalue weighted by Crippen LogP contribution is -2.53. The van der Waals surface area contributed by atoms with E-state index in [9.17, 15) is 17.6 Å². The molecule has 2 rings (SSSR count). The highest BCUT2D eigenvalue weighted by atomic mass is 19.2. The summed E-state index contributed by atoms with van der Waals surface area (Å²) in [5.74, 6) is -2.09. The summed E-state index contributed by atoms with van der Waals surface area (Å²) < 4.78 is 54.8. The summed E-state index contributed by atoms with van der Waals surface area (Å²) in [6.45, 7) is 4.06. The van der Waals surface area contributed by atoms with Crippen molar-refractivity contribution in [2.24, 2.45) is 0 Å². The second-order valence-electron chi connectivity index (χ2n) is 5.50. The fourth-order valence-electron chi connectivity index (χ4n) is 2.79. The number of anilines is 1. The number of halogens is 4. The van der Waals surface area contributed by atoms with Crippen LogP contribution < -0.4 is 11.1 Å². The van der Waals surface area contributed by atoms with Crippen molar-refractivity contribution in [3.05, 3.63) is 41.6 Å². The molecule has 1 saturated heterocycles. The molecule has 1 heterocycles. The summed E-state index contributed by atoms with van der Waals surface area (Å²) in [6, 6.07) is 2.21. The summed E-state index contributed by atoms with van der Waals surface area (Å²) in [4.78, 5) is 0. The van der Waals surface area contributed by atoms with Gasteiger partial charge in [-0.2, -0.15) is 0 Å². The largest absolute Gasteiger partial charge is 0.399 e. The maximum absolute atomic E-state index is 14.2. The fraction of sp³-hybridized carbons (Fsp3) is 0.467.